The minimum absolute atomic E-state index is 0.0285. The number of amides is 1. The van der Waals surface area contributed by atoms with E-state index in [0.29, 0.717) is 5.69 Å². The molecule has 0 unspecified atom stereocenters. The number of benzene rings is 1. The summed E-state index contributed by atoms with van der Waals surface area (Å²) in [6.07, 6.45) is 3.96. The van der Waals surface area contributed by atoms with Crippen molar-refractivity contribution in [2.45, 2.75) is 25.7 Å². The summed E-state index contributed by atoms with van der Waals surface area (Å²) in [7, 11) is 0. The highest BCUT2D eigenvalue weighted by Crippen LogP contribution is 2.27. The molecule has 86 valence electrons. The Morgan fingerprint density at radius 3 is 2.75 bits per heavy atom. The van der Waals surface area contributed by atoms with E-state index in [-0.39, 0.29) is 17.5 Å². The van der Waals surface area contributed by atoms with Crippen LogP contribution in [0.5, 0.6) is 0 Å². The lowest BCUT2D eigenvalue weighted by atomic mass is 10.1. The van der Waals surface area contributed by atoms with Gasteiger partial charge in [0.25, 0.3) is 0 Å². The fourth-order valence-corrected chi connectivity index (χ4v) is 2.06. The van der Waals surface area contributed by atoms with Crippen LogP contribution in [0.4, 0.5) is 15.8 Å². The lowest BCUT2D eigenvalue weighted by Crippen LogP contribution is -2.21. The Bertz CT molecular complexity index is 400. The number of nitrogens with two attached hydrogens (primary N) is 1. The summed E-state index contributed by atoms with van der Waals surface area (Å²) in [5.74, 6) is -0.511. The predicted octanol–water partition coefficient (Wildman–Crippen LogP) is 2.54. The molecule has 0 aliphatic heterocycles. The van der Waals surface area contributed by atoms with Gasteiger partial charge in [0.2, 0.25) is 5.91 Å². The predicted molar refractivity (Wildman–Crippen MR) is 61.4 cm³/mol. The van der Waals surface area contributed by atoms with Crippen LogP contribution in [0, 0.1) is 11.7 Å². The molecule has 1 aliphatic rings. The summed E-state index contributed by atoms with van der Waals surface area (Å²) >= 11 is 0. The van der Waals surface area contributed by atoms with Crippen molar-refractivity contribution in [3.8, 4) is 0 Å². The van der Waals surface area contributed by atoms with Gasteiger partial charge in [0.05, 0.1) is 5.69 Å². The molecule has 2 rings (SSSR count). The zero-order chi connectivity index (χ0) is 11.5. The molecular formula is C12H15FN2O. The first-order chi connectivity index (χ1) is 7.66. The molecule has 1 aromatic carbocycles. The van der Waals surface area contributed by atoms with Crippen LogP contribution < -0.4 is 11.1 Å². The molecule has 0 atom stereocenters. The number of carbonyl (C=O) groups is 1. The van der Waals surface area contributed by atoms with Crippen molar-refractivity contribution in [1.82, 2.24) is 0 Å². The summed E-state index contributed by atoms with van der Waals surface area (Å²) in [4.78, 5) is 11.8. The Kier molecular flexibility index (Phi) is 3.08. The highest BCUT2D eigenvalue weighted by atomic mass is 19.1. The van der Waals surface area contributed by atoms with Crippen LogP contribution in [0.25, 0.3) is 0 Å². The molecule has 1 aromatic rings. The molecule has 1 fully saturated rings. The van der Waals surface area contributed by atoms with Crippen LogP contribution in [0.15, 0.2) is 18.2 Å². The van der Waals surface area contributed by atoms with E-state index in [4.69, 9.17) is 5.73 Å². The second-order valence-corrected chi connectivity index (χ2v) is 4.21. The first-order valence-corrected chi connectivity index (χ1v) is 5.52. The third-order valence-corrected chi connectivity index (χ3v) is 2.97. The van der Waals surface area contributed by atoms with Crippen molar-refractivity contribution < 1.29 is 9.18 Å². The van der Waals surface area contributed by atoms with E-state index < -0.39 is 5.82 Å². The highest BCUT2D eigenvalue weighted by molar-refractivity contribution is 5.93. The van der Waals surface area contributed by atoms with Crippen molar-refractivity contribution in [3.05, 3.63) is 24.0 Å². The average molecular weight is 222 g/mol. The van der Waals surface area contributed by atoms with Crippen LogP contribution in [0.1, 0.15) is 25.7 Å². The fraction of sp³-hybridized carbons (Fsp3) is 0.417. The van der Waals surface area contributed by atoms with Crippen LogP contribution in [-0.2, 0) is 4.79 Å². The number of nitrogens with one attached hydrogen (secondary N) is 1. The summed E-state index contributed by atoms with van der Waals surface area (Å²) < 4.78 is 13.3. The van der Waals surface area contributed by atoms with Crippen molar-refractivity contribution in [2.24, 2.45) is 5.92 Å². The molecule has 3 nitrogen and oxygen atoms in total. The normalized spacial score (nSPS) is 16.3. The average Bonchev–Trinajstić information content (AvgIpc) is 2.76. The van der Waals surface area contributed by atoms with Crippen LogP contribution >= 0.6 is 0 Å². The second-order valence-electron chi connectivity index (χ2n) is 4.21. The Morgan fingerprint density at radius 1 is 1.38 bits per heavy atom. The summed E-state index contributed by atoms with van der Waals surface area (Å²) in [6.45, 7) is 0. The summed E-state index contributed by atoms with van der Waals surface area (Å²) in [5.41, 5.74) is 6.16. The minimum atomic E-state index is -0.444. The monoisotopic (exact) mass is 222 g/mol. The first kappa shape index (κ1) is 10.9. The standard InChI is InChI=1S/C12H15FN2O/c13-10-6-5-9(14)7-11(10)15-12(16)8-3-1-2-4-8/h5-8H,1-4,14H2,(H,15,16). The Hall–Kier alpha value is -1.58. The maximum atomic E-state index is 13.3. The van der Waals surface area contributed by atoms with E-state index in [1.165, 1.54) is 18.2 Å². The van der Waals surface area contributed by atoms with E-state index in [0.717, 1.165) is 25.7 Å². The number of rotatable bonds is 2. The third kappa shape index (κ3) is 2.32. The van der Waals surface area contributed by atoms with Gasteiger partial charge in [-0.2, -0.15) is 0 Å². The van der Waals surface area contributed by atoms with Gasteiger partial charge >= 0.3 is 0 Å². The van der Waals surface area contributed by atoms with Crippen LogP contribution in [-0.4, -0.2) is 5.91 Å². The lowest BCUT2D eigenvalue weighted by Gasteiger charge is -2.11. The molecule has 0 radical (unpaired) electrons. The molecule has 1 amide bonds. The van der Waals surface area contributed by atoms with Gasteiger partial charge < -0.3 is 11.1 Å². The zero-order valence-corrected chi connectivity index (χ0v) is 9.00. The zero-order valence-electron chi connectivity index (χ0n) is 9.00. The molecule has 1 saturated carbocycles. The van der Waals surface area contributed by atoms with Gasteiger partial charge in [0.1, 0.15) is 5.82 Å². The molecule has 1 aliphatic carbocycles. The van der Waals surface area contributed by atoms with Crippen molar-refractivity contribution in [3.63, 3.8) is 0 Å². The van der Waals surface area contributed by atoms with Crippen molar-refractivity contribution in [2.75, 3.05) is 11.1 Å². The lowest BCUT2D eigenvalue weighted by molar-refractivity contribution is -0.119. The van der Waals surface area contributed by atoms with E-state index in [9.17, 15) is 9.18 Å². The van der Waals surface area contributed by atoms with E-state index in [1.807, 2.05) is 0 Å². The van der Waals surface area contributed by atoms with Crippen LogP contribution in [0.3, 0.4) is 0 Å². The number of anilines is 2. The molecule has 0 aromatic heterocycles. The molecular weight excluding hydrogens is 207 g/mol. The minimum Gasteiger partial charge on any atom is -0.399 e. The second kappa shape index (κ2) is 4.51. The fourth-order valence-electron chi connectivity index (χ4n) is 2.06. The van der Waals surface area contributed by atoms with Gasteiger partial charge in [-0.3, -0.25) is 4.79 Å². The quantitative estimate of drug-likeness (QED) is 0.755. The Balaban J connectivity index is 2.07. The third-order valence-electron chi connectivity index (χ3n) is 2.97. The highest BCUT2D eigenvalue weighted by Gasteiger charge is 2.23. The molecule has 0 bridgehead atoms. The Labute approximate surface area is 93.8 Å². The van der Waals surface area contributed by atoms with Gasteiger partial charge in [-0.15, -0.1) is 0 Å². The van der Waals surface area contributed by atoms with Gasteiger partial charge in [0.15, 0.2) is 0 Å². The van der Waals surface area contributed by atoms with Gasteiger partial charge in [-0.05, 0) is 31.0 Å². The number of nitrogen functional groups attached to an aromatic ring is 1. The van der Waals surface area contributed by atoms with Crippen LogP contribution in [0.2, 0.25) is 0 Å². The first-order valence-electron chi connectivity index (χ1n) is 5.52. The summed E-state index contributed by atoms with van der Waals surface area (Å²) in [5, 5.41) is 2.60. The molecule has 4 heteroatoms. The topological polar surface area (TPSA) is 55.1 Å². The number of halogens is 1. The molecule has 3 N–H and O–H groups in total. The number of hydrogen-bond acceptors (Lipinski definition) is 2. The SMILES string of the molecule is Nc1ccc(F)c(NC(=O)C2CCCC2)c1. The van der Waals surface area contributed by atoms with E-state index in [1.54, 1.807) is 0 Å². The molecule has 0 heterocycles. The molecule has 16 heavy (non-hydrogen) atoms. The maximum Gasteiger partial charge on any atom is 0.227 e. The largest absolute Gasteiger partial charge is 0.399 e. The van der Waals surface area contributed by atoms with E-state index in [2.05, 4.69) is 5.32 Å². The number of carbonyl (C=O) groups excluding carboxylic acids is 1. The van der Waals surface area contributed by atoms with Crippen molar-refractivity contribution >= 4 is 17.3 Å². The molecule has 0 spiro atoms. The Morgan fingerprint density at radius 2 is 2.06 bits per heavy atom. The van der Waals surface area contributed by atoms with Gasteiger partial charge in [0, 0.05) is 11.6 Å². The summed E-state index contributed by atoms with van der Waals surface area (Å²) in [6, 6.07) is 4.18. The van der Waals surface area contributed by atoms with Crippen molar-refractivity contribution in [1.29, 1.82) is 0 Å². The smallest absolute Gasteiger partial charge is 0.227 e. The van der Waals surface area contributed by atoms with Gasteiger partial charge in [-0.1, -0.05) is 12.8 Å². The van der Waals surface area contributed by atoms with Gasteiger partial charge in [-0.25, -0.2) is 4.39 Å². The molecule has 0 saturated heterocycles. The van der Waals surface area contributed by atoms with E-state index >= 15 is 0 Å². The maximum absolute atomic E-state index is 13.3. The number of hydrogen-bond donors (Lipinski definition) is 2.